The van der Waals surface area contributed by atoms with E-state index in [4.69, 9.17) is 9.47 Å². The Kier molecular flexibility index (Phi) is 4.04. The predicted octanol–water partition coefficient (Wildman–Crippen LogP) is 5.37. The van der Waals surface area contributed by atoms with Crippen molar-refractivity contribution in [2.24, 2.45) is 10.8 Å². The summed E-state index contributed by atoms with van der Waals surface area (Å²) in [6, 6.07) is 6.44. The van der Waals surface area contributed by atoms with Gasteiger partial charge in [0.25, 0.3) is 0 Å². The lowest BCUT2D eigenvalue weighted by Crippen LogP contribution is -2.25. The molecule has 20 heavy (non-hydrogen) atoms. The first kappa shape index (κ1) is 15.2. The summed E-state index contributed by atoms with van der Waals surface area (Å²) in [5.74, 6) is 2.30. The van der Waals surface area contributed by atoms with E-state index >= 15 is 0 Å². The van der Waals surface area contributed by atoms with Crippen LogP contribution in [0.1, 0.15) is 65.9 Å². The van der Waals surface area contributed by atoms with E-state index in [0.29, 0.717) is 18.1 Å². The van der Waals surface area contributed by atoms with E-state index in [1.54, 1.807) is 0 Å². The van der Waals surface area contributed by atoms with Crippen LogP contribution in [0.15, 0.2) is 18.2 Å². The van der Waals surface area contributed by atoms with Crippen molar-refractivity contribution in [1.29, 1.82) is 0 Å². The van der Waals surface area contributed by atoms with Gasteiger partial charge in [0.1, 0.15) is 0 Å². The molecule has 1 aliphatic heterocycles. The third-order valence-corrected chi connectivity index (χ3v) is 4.47. The summed E-state index contributed by atoms with van der Waals surface area (Å²) in [5.41, 5.74) is 1.96. The maximum atomic E-state index is 5.54. The van der Waals surface area contributed by atoms with E-state index in [-0.39, 0.29) is 5.41 Å². The highest BCUT2D eigenvalue weighted by atomic mass is 16.7. The summed E-state index contributed by atoms with van der Waals surface area (Å²) >= 11 is 0. The van der Waals surface area contributed by atoms with Gasteiger partial charge in [0.15, 0.2) is 11.5 Å². The molecule has 0 saturated carbocycles. The minimum atomic E-state index is 0.279. The largest absolute Gasteiger partial charge is 0.454 e. The van der Waals surface area contributed by atoms with Gasteiger partial charge in [-0.2, -0.15) is 0 Å². The zero-order chi connectivity index (χ0) is 15.0. The van der Waals surface area contributed by atoms with Gasteiger partial charge in [-0.05, 0) is 40.9 Å². The van der Waals surface area contributed by atoms with Crippen molar-refractivity contribution in [3.05, 3.63) is 23.8 Å². The molecule has 0 radical (unpaired) electrons. The standard InChI is InChI=1S/C18H28O2/c1-7-18(5,6)14(11-17(2,3)4)13-8-9-15-16(10-13)20-12-19-15/h8-10,14H,7,11-12H2,1-6H3. The van der Waals surface area contributed by atoms with Gasteiger partial charge in [0.05, 0.1) is 0 Å². The minimum absolute atomic E-state index is 0.279. The Morgan fingerprint density at radius 3 is 2.30 bits per heavy atom. The highest BCUT2D eigenvalue weighted by Crippen LogP contribution is 2.47. The van der Waals surface area contributed by atoms with Crippen LogP contribution in [0.4, 0.5) is 0 Å². The SMILES string of the molecule is CCC(C)(C)C(CC(C)(C)C)c1ccc2c(c1)OCO2. The van der Waals surface area contributed by atoms with Crippen LogP contribution in [0.2, 0.25) is 0 Å². The van der Waals surface area contributed by atoms with Crippen LogP contribution in [0.5, 0.6) is 11.5 Å². The molecule has 2 nitrogen and oxygen atoms in total. The molecule has 2 rings (SSSR count). The molecule has 1 aliphatic rings. The van der Waals surface area contributed by atoms with E-state index in [1.165, 1.54) is 18.4 Å². The summed E-state index contributed by atoms with van der Waals surface area (Å²) in [5, 5.41) is 0. The van der Waals surface area contributed by atoms with Crippen molar-refractivity contribution in [2.75, 3.05) is 6.79 Å². The molecule has 0 spiro atoms. The van der Waals surface area contributed by atoms with Gasteiger partial charge in [-0.25, -0.2) is 0 Å². The zero-order valence-corrected chi connectivity index (χ0v) is 13.7. The molecule has 112 valence electrons. The van der Waals surface area contributed by atoms with E-state index in [2.05, 4.69) is 59.7 Å². The lowest BCUT2D eigenvalue weighted by molar-refractivity contribution is 0.173. The van der Waals surface area contributed by atoms with Crippen LogP contribution in [0, 0.1) is 10.8 Å². The Morgan fingerprint density at radius 1 is 1.05 bits per heavy atom. The molecule has 1 heterocycles. The van der Waals surface area contributed by atoms with Crippen molar-refractivity contribution in [3.8, 4) is 11.5 Å². The maximum Gasteiger partial charge on any atom is 0.231 e. The molecular weight excluding hydrogens is 248 g/mol. The quantitative estimate of drug-likeness (QED) is 0.736. The summed E-state index contributed by atoms with van der Waals surface area (Å²) in [6.07, 6.45) is 2.34. The number of rotatable bonds is 4. The normalized spacial score (nSPS) is 16.3. The van der Waals surface area contributed by atoms with Gasteiger partial charge in [-0.15, -0.1) is 0 Å². The first-order valence-electron chi connectivity index (χ1n) is 7.62. The van der Waals surface area contributed by atoms with Crippen molar-refractivity contribution in [3.63, 3.8) is 0 Å². The van der Waals surface area contributed by atoms with Gasteiger partial charge in [0.2, 0.25) is 6.79 Å². The number of benzene rings is 1. The van der Waals surface area contributed by atoms with Gasteiger partial charge < -0.3 is 9.47 Å². The van der Waals surface area contributed by atoms with E-state index in [0.717, 1.165) is 11.5 Å². The van der Waals surface area contributed by atoms with Crippen molar-refractivity contribution in [1.82, 2.24) is 0 Å². The Labute approximate surface area is 123 Å². The molecule has 0 N–H and O–H groups in total. The molecule has 0 aliphatic carbocycles. The fourth-order valence-electron chi connectivity index (χ4n) is 2.83. The van der Waals surface area contributed by atoms with Crippen LogP contribution in [-0.2, 0) is 0 Å². The van der Waals surface area contributed by atoms with E-state index in [1.807, 2.05) is 0 Å². The molecule has 0 saturated heterocycles. The molecule has 2 heteroatoms. The molecule has 0 bridgehead atoms. The van der Waals surface area contributed by atoms with E-state index < -0.39 is 0 Å². The Morgan fingerprint density at radius 2 is 1.70 bits per heavy atom. The molecular formula is C18H28O2. The Bertz CT molecular complexity index is 469. The molecule has 0 aromatic heterocycles. The number of hydrogen-bond donors (Lipinski definition) is 0. The van der Waals surface area contributed by atoms with Crippen molar-refractivity contribution in [2.45, 2.75) is 60.3 Å². The first-order chi connectivity index (χ1) is 9.23. The fourth-order valence-corrected chi connectivity index (χ4v) is 2.83. The number of hydrogen-bond acceptors (Lipinski definition) is 2. The third kappa shape index (κ3) is 3.28. The third-order valence-electron chi connectivity index (χ3n) is 4.47. The van der Waals surface area contributed by atoms with Gasteiger partial charge in [0, 0.05) is 0 Å². The first-order valence-corrected chi connectivity index (χ1v) is 7.62. The van der Waals surface area contributed by atoms with E-state index in [9.17, 15) is 0 Å². The average molecular weight is 276 g/mol. The van der Waals surface area contributed by atoms with Gasteiger partial charge in [-0.3, -0.25) is 0 Å². The topological polar surface area (TPSA) is 18.5 Å². The molecule has 0 amide bonds. The summed E-state index contributed by atoms with van der Waals surface area (Å²) < 4.78 is 11.0. The number of fused-ring (bicyclic) bond motifs is 1. The van der Waals surface area contributed by atoms with Crippen LogP contribution in [0.25, 0.3) is 0 Å². The second kappa shape index (κ2) is 5.31. The lowest BCUT2D eigenvalue weighted by Gasteiger charge is -2.38. The van der Waals surface area contributed by atoms with Gasteiger partial charge >= 0.3 is 0 Å². The molecule has 0 fully saturated rings. The monoisotopic (exact) mass is 276 g/mol. The van der Waals surface area contributed by atoms with Crippen LogP contribution < -0.4 is 9.47 Å². The minimum Gasteiger partial charge on any atom is -0.454 e. The molecule has 1 aromatic rings. The second-order valence-electron chi connectivity index (χ2n) is 7.77. The van der Waals surface area contributed by atoms with Gasteiger partial charge in [-0.1, -0.05) is 54.0 Å². The fraction of sp³-hybridized carbons (Fsp3) is 0.667. The van der Waals surface area contributed by atoms with Crippen LogP contribution >= 0.6 is 0 Å². The molecule has 1 aromatic carbocycles. The van der Waals surface area contributed by atoms with Crippen molar-refractivity contribution >= 4 is 0 Å². The lowest BCUT2D eigenvalue weighted by atomic mass is 9.67. The predicted molar refractivity (Wildman–Crippen MR) is 83.5 cm³/mol. The molecule has 1 unspecified atom stereocenters. The summed E-state index contributed by atoms with van der Waals surface area (Å²) in [6.45, 7) is 14.3. The highest BCUT2D eigenvalue weighted by molar-refractivity contribution is 5.45. The molecule has 1 atom stereocenters. The number of ether oxygens (including phenoxy) is 2. The Hall–Kier alpha value is -1.18. The average Bonchev–Trinajstić information content (AvgIpc) is 2.81. The summed E-state index contributed by atoms with van der Waals surface area (Å²) in [7, 11) is 0. The highest BCUT2D eigenvalue weighted by Gasteiger charge is 2.33. The van der Waals surface area contributed by atoms with Crippen LogP contribution in [0.3, 0.4) is 0 Å². The Balaban J connectivity index is 2.35. The zero-order valence-electron chi connectivity index (χ0n) is 13.7. The van der Waals surface area contributed by atoms with Crippen LogP contribution in [-0.4, -0.2) is 6.79 Å². The summed E-state index contributed by atoms with van der Waals surface area (Å²) in [4.78, 5) is 0. The smallest absolute Gasteiger partial charge is 0.231 e. The second-order valence-corrected chi connectivity index (χ2v) is 7.77. The maximum absolute atomic E-state index is 5.54. The van der Waals surface area contributed by atoms with Crippen molar-refractivity contribution < 1.29 is 9.47 Å².